The van der Waals surface area contributed by atoms with Gasteiger partial charge < -0.3 is 14.6 Å². The maximum absolute atomic E-state index is 12.2. The Morgan fingerprint density at radius 2 is 2.42 bits per heavy atom. The fourth-order valence-corrected chi connectivity index (χ4v) is 2.17. The molecule has 1 amide bonds. The Morgan fingerprint density at radius 3 is 3.00 bits per heavy atom. The number of rotatable bonds is 4. The van der Waals surface area contributed by atoms with Gasteiger partial charge in [0.25, 0.3) is 11.5 Å². The first-order valence-electron chi connectivity index (χ1n) is 6.66. The lowest BCUT2D eigenvalue weighted by molar-refractivity contribution is -0.00324. The molecule has 1 fully saturated rings. The average Bonchev–Trinajstić information content (AvgIpc) is 2.46. The molecule has 1 N–H and O–H groups in total. The highest BCUT2D eigenvalue weighted by Gasteiger charge is 2.22. The quantitative estimate of drug-likeness (QED) is 0.873. The van der Waals surface area contributed by atoms with Crippen LogP contribution in [-0.4, -0.2) is 46.6 Å². The topological polar surface area (TPSA) is 75.3 Å². The molecule has 0 bridgehead atoms. The van der Waals surface area contributed by atoms with Crippen molar-refractivity contribution >= 4 is 5.91 Å². The van der Waals surface area contributed by atoms with Crippen LogP contribution in [0.4, 0.5) is 0 Å². The van der Waals surface area contributed by atoms with Crippen molar-refractivity contribution in [3.05, 3.63) is 28.4 Å². The van der Waals surface area contributed by atoms with Gasteiger partial charge in [-0.2, -0.15) is 0 Å². The van der Waals surface area contributed by atoms with Crippen molar-refractivity contribution in [1.82, 2.24) is 14.9 Å². The number of H-pyrrole nitrogens is 1. The monoisotopic (exact) mass is 265 g/mol. The Bertz CT molecular complexity index is 460. The fourth-order valence-electron chi connectivity index (χ4n) is 2.17. The molecule has 1 saturated heterocycles. The third-order valence-corrected chi connectivity index (χ3v) is 3.26. The van der Waals surface area contributed by atoms with Gasteiger partial charge in [0.05, 0.1) is 12.3 Å². The number of hydrogen-bond donors (Lipinski definition) is 1. The molecular formula is C13H19N3O3. The van der Waals surface area contributed by atoms with Gasteiger partial charge in [0.15, 0.2) is 0 Å². The van der Waals surface area contributed by atoms with Crippen molar-refractivity contribution in [2.24, 2.45) is 0 Å². The molecule has 0 aromatic carbocycles. The molecule has 0 aliphatic carbocycles. The summed E-state index contributed by atoms with van der Waals surface area (Å²) in [6.07, 6.45) is 5.82. The highest BCUT2D eigenvalue weighted by molar-refractivity contribution is 5.91. The predicted octanol–water partition coefficient (Wildman–Crippen LogP) is 0.801. The van der Waals surface area contributed by atoms with E-state index in [-0.39, 0.29) is 23.3 Å². The van der Waals surface area contributed by atoms with E-state index in [1.807, 2.05) is 6.92 Å². The third-order valence-electron chi connectivity index (χ3n) is 3.26. The van der Waals surface area contributed by atoms with Gasteiger partial charge in [-0.05, 0) is 26.2 Å². The van der Waals surface area contributed by atoms with Gasteiger partial charge in [-0.3, -0.25) is 9.59 Å². The SMILES string of the molecule is CCN(C[C@@H]1CCCCO1)C(=O)c1c[nH]c(=O)cn1. The van der Waals surface area contributed by atoms with Crippen molar-refractivity contribution in [3.8, 4) is 0 Å². The molecule has 0 unspecified atom stereocenters. The number of nitrogens with zero attached hydrogens (tertiary/aromatic N) is 2. The second-order valence-electron chi connectivity index (χ2n) is 4.63. The molecule has 104 valence electrons. The zero-order valence-electron chi connectivity index (χ0n) is 11.1. The normalized spacial score (nSPS) is 19.1. The number of hydrogen-bond acceptors (Lipinski definition) is 4. The first kappa shape index (κ1) is 13.7. The van der Waals surface area contributed by atoms with E-state index < -0.39 is 0 Å². The number of aromatic nitrogens is 2. The minimum absolute atomic E-state index is 0.111. The fraction of sp³-hybridized carbons (Fsp3) is 0.615. The molecule has 1 aliphatic rings. The van der Waals surface area contributed by atoms with E-state index in [0.717, 1.165) is 32.1 Å². The van der Waals surface area contributed by atoms with Gasteiger partial charge in [0.1, 0.15) is 5.69 Å². The van der Waals surface area contributed by atoms with Crippen LogP contribution in [0.25, 0.3) is 0 Å². The van der Waals surface area contributed by atoms with Gasteiger partial charge in [-0.1, -0.05) is 0 Å². The van der Waals surface area contributed by atoms with Crippen molar-refractivity contribution in [2.75, 3.05) is 19.7 Å². The van der Waals surface area contributed by atoms with E-state index in [0.29, 0.717) is 13.1 Å². The molecule has 19 heavy (non-hydrogen) atoms. The second kappa shape index (κ2) is 6.47. The molecule has 1 aromatic rings. The molecule has 1 atom stereocenters. The molecule has 0 spiro atoms. The zero-order chi connectivity index (χ0) is 13.7. The number of aromatic amines is 1. The maximum atomic E-state index is 12.2. The Morgan fingerprint density at radius 1 is 1.58 bits per heavy atom. The molecule has 6 nitrogen and oxygen atoms in total. The van der Waals surface area contributed by atoms with E-state index in [1.165, 1.54) is 6.20 Å². The predicted molar refractivity (Wildman–Crippen MR) is 70.0 cm³/mol. The van der Waals surface area contributed by atoms with Gasteiger partial charge in [-0.15, -0.1) is 0 Å². The molecule has 0 saturated carbocycles. The summed E-state index contributed by atoms with van der Waals surface area (Å²) in [4.78, 5) is 31.2. The molecule has 0 radical (unpaired) electrons. The van der Waals surface area contributed by atoms with E-state index >= 15 is 0 Å². The number of carbonyl (C=O) groups is 1. The number of likely N-dealkylation sites (N-methyl/N-ethyl adjacent to an activating group) is 1. The summed E-state index contributed by atoms with van der Waals surface area (Å²) in [7, 11) is 0. The maximum Gasteiger partial charge on any atom is 0.274 e. The summed E-state index contributed by atoms with van der Waals surface area (Å²) < 4.78 is 5.64. The van der Waals surface area contributed by atoms with E-state index in [1.54, 1.807) is 4.90 Å². The first-order chi connectivity index (χ1) is 9.20. The molecule has 1 aromatic heterocycles. The first-order valence-corrected chi connectivity index (χ1v) is 6.66. The van der Waals surface area contributed by atoms with Crippen LogP contribution in [0.5, 0.6) is 0 Å². The summed E-state index contributed by atoms with van der Waals surface area (Å²) in [6, 6.07) is 0. The standard InChI is InChI=1S/C13H19N3O3/c1-2-16(9-10-5-3-4-6-19-10)13(18)11-7-15-12(17)8-14-11/h7-8,10H,2-6,9H2,1H3,(H,15,17)/t10-/m0/s1. The largest absolute Gasteiger partial charge is 0.376 e. The van der Waals surface area contributed by atoms with Crippen LogP contribution in [0.3, 0.4) is 0 Å². The average molecular weight is 265 g/mol. The summed E-state index contributed by atoms with van der Waals surface area (Å²) in [6.45, 7) is 3.87. The molecule has 1 aliphatic heterocycles. The van der Waals surface area contributed by atoms with Gasteiger partial charge in [-0.25, -0.2) is 4.98 Å². The lowest BCUT2D eigenvalue weighted by Gasteiger charge is -2.29. The van der Waals surface area contributed by atoms with E-state index in [4.69, 9.17) is 4.74 Å². The summed E-state index contributed by atoms with van der Waals surface area (Å²) in [5.74, 6) is -0.173. The molecule has 2 rings (SSSR count). The van der Waals surface area contributed by atoms with Crippen molar-refractivity contribution < 1.29 is 9.53 Å². The van der Waals surface area contributed by atoms with Crippen molar-refractivity contribution in [3.63, 3.8) is 0 Å². The van der Waals surface area contributed by atoms with Crippen LogP contribution in [0, 0.1) is 0 Å². The van der Waals surface area contributed by atoms with Gasteiger partial charge in [0, 0.05) is 25.9 Å². The summed E-state index contributed by atoms with van der Waals surface area (Å²) in [5.41, 5.74) is -0.0486. The van der Waals surface area contributed by atoms with Crippen LogP contribution >= 0.6 is 0 Å². The summed E-state index contributed by atoms with van der Waals surface area (Å²) in [5, 5.41) is 0. The Kier molecular flexibility index (Phi) is 4.68. The van der Waals surface area contributed by atoms with Crippen LogP contribution in [0.15, 0.2) is 17.2 Å². The lowest BCUT2D eigenvalue weighted by Crippen LogP contribution is -2.40. The van der Waals surface area contributed by atoms with Gasteiger partial charge >= 0.3 is 0 Å². The van der Waals surface area contributed by atoms with Crippen molar-refractivity contribution in [1.29, 1.82) is 0 Å². The highest BCUT2D eigenvalue weighted by Crippen LogP contribution is 2.14. The number of ether oxygens (including phenoxy) is 1. The van der Waals surface area contributed by atoms with Crippen LogP contribution in [0.1, 0.15) is 36.7 Å². The Hall–Kier alpha value is -1.69. The lowest BCUT2D eigenvalue weighted by atomic mass is 10.1. The zero-order valence-corrected chi connectivity index (χ0v) is 11.1. The third kappa shape index (κ3) is 3.64. The van der Waals surface area contributed by atoms with Crippen LogP contribution in [0.2, 0.25) is 0 Å². The molecule has 6 heteroatoms. The Labute approximate surface area is 111 Å². The Balaban J connectivity index is 2.01. The van der Waals surface area contributed by atoms with Crippen molar-refractivity contribution in [2.45, 2.75) is 32.3 Å². The van der Waals surface area contributed by atoms with Crippen LogP contribution < -0.4 is 5.56 Å². The minimum atomic E-state index is -0.310. The van der Waals surface area contributed by atoms with Crippen LogP contribution in [-0.2, 0) is 4.74 Å². The molecule has 2 heterocycles. The number of amides is 1. The molecular weight excluding hydrogens is 246 g/mol. The smallest absolute Gasteiger partial charge is 0.274 e. The number of carbonyl (C=O) groups excluding carboxylic acids is 1. The second-order valence-corrected chi connectivity index (χ2v) is 4.63. The van der Waals surface area contributed by atoms with Gasteiger partial charge in [0.2, 0.25) is 0 Å². The highest BCUT2D eigenvalue weighted by atomic mass is 16.5. The number of nitrogens with one attached hydrogen (secondary N) is 1. The minimum Gasteiger partial charge on any atom is -0.376 e. The van der Waals surface area contributed by atoms with E-state index in [9.17, 15) is 9.59 Å². The summed E-state index contributed by atoms with van der Waals surface area (Å²) >= 11 is 0. The van der Waals surface area contributed by atoms with E-state index in [2.05, 4.69) is 9.97 Å².